The van der Waals surface area contributed by atoms with Crippen LogP contribution in [0.3, 0.4) is 0 Å². The van der Waals surface area contributed by atoms with Crippen molar-refractivity contribution in [2.75, 3.05) is 6.26 Å². The number of hydrogen-bond acceptors (Lipinski definition) is 5. The summed E-state index contributed by atoms with van der Waals surface area (Å²) in [6.45, 7) is 0. The van der Waals surface area contributed by atoms with Gasteiger partial charge in [-0.05, 0) is 23.9 Å². The summed E-state index contributed by atoms with van der Waals surface area (Å²) >= 11 is 1.60. The number of hydrogen-bond donors (Lipinski definition) is 1. The van der Waals surface area contributed by atoms with Gasteiger partial charge in [0.05, 0.1) is 6.42 Å². The van der Waals surface area contributed by atoms with Gasteiger partial charge in [-0.2, -0.15) is 0 Å². The summed E-state index contributed by atoms with van der Waals surface area (Å²) in [5.74, 6) is -1.72. The molecule has 1 aromatic carbocycles. The van der Waals surface area contributed by atoms with E-state index in [9.17, 15) is 9.59 Å². The summed E-state index contributed by atoms with van der Waals surface area (Å²) in [5, 5.41) is 8.63. The van der Waals surface area contributed by atoms with Crippen molar-refractivity contribution in [1.29, 1.82) is 0 Å². The highest BCUT2D eigenvalue weighted by Gasteiger charge is 2.42. The van der Waals surface area contributed by atoms with Gasteiger partial charge in [0.15, 0.2) is 6.10 Å². The maximum Gasteiger partial charge on any atom is 0.565 e. The molecule has 2 rings (SSSR count). The number of rotatable bonds is 4. The van der Waals surface area contributed by atoms with Crippen LogP contribution in [0.4, 0.5) is 0 Å². The highest BCUT2D eigenvalue weighted by Crippen LogP contribution is 2.16. The van der Waals surface area contributed by atoms with E-state index in [1.165, 1.54) is 0 Å². The van der Waals surface area contributed by atoms with E-state index >= 15 is 0 Å². The Morgan fingerprint density at radius 3 is 2.67 bits per heavy atom. The lowest BCUT2D eigenvalue weighted by atomic mass is 9.79. The average Bonchev–Trinajstić information content (AvgIpc) is 2.70. The highest BCUT2D eigenvalue weighted by molar-refractivity contribution is 7.98. The lowest BCUT2D eigenvalue weighted by Gasteiger charge is -2.05. The van der Waals surface area contributed by atoms with Crippen LogP contribution >= 0.6 is 11.8 Å². The van der Waals surface area contributed by atoms with Gasteiger partial charge < -0.3 is 14.4 Å². The molecular formula is C11H11BO5S. The first-order chi connectivity index (χ1) is 8.60. The van der Waals surface area contributed by atoms with E-state index in [-0.39, 0.29) is 6.42 Å². The number of aliphatic carboxylic acids is 1. The molecule has 7 heteroatoms. The van der Waals surface area contributed by atoms with Crippen LogP contribution in [0.5, 0.6) is 0 Å². The molecule has 0 bridgehead atoms. The third-order valence-corrected chi connectivity index (χ3v) is 3.27. The van der Waals surface area contributed by atoms with Gasteiger partial charge in [-0.1, -0.05) is 12.1 Å². The normalized spacial score (nSPS) is 18.8. The van der Waals surface area contributed by atoms with Crippen molar-refractivity contribution in [2.24, 2.45) is 0 Å². The fourth-order valence-electron chi connectivity index (χ4n) is 1.61. The van der Waals surface area contributed by atoms with Crippen LogP contribution in [0.1, 0.15) is 6.42 Å². The first-order valence-corrected chi connectivity index (χ1v) is 6.54. The van der Waals surface area contributed by atoms with E-state index < -0.39 is 25.2 Å². The number of carboxylic acid groups (broad SMARTS) is 1. The maximum absolute atomic E-state index is 11.4. The average molecular weight is 266 g/mol. The zero-order chi connectivity index (χ0) is 13.1. The quantitative estimate of drug-likeness (QED) is 0.632. The number of benzene rings is 1. The Morgan fingerprint density at radius 2 is 2.11 bits per heavy atom. The van der Waals surface area contributed by atoms with Gasteiger partial charge in [-0.25, -0.2) is 0 Å². The van der Waals surface area contributed by atoms with E-state index in [0.29, 0.717) is 5.46 Å². The Morgan fingerprint density at radius 1 is 1.44 bits per heavy atom. The van der Waals surface area contributed by atoms with E-state index in [0.717, 1.165) is 4.90 Å². The zero-order valence-electron chi connectivity index (χ0n) is 9.66. The van der Waals surface area contributed by atoms with E-state index in [4.69, 9.17) is 14.4 Å². The van der Waals surface area contributed by atoms with E-state index in [2.05, 4.69) is 0 Å². The predicted molar refractivity (Wildman–Crippen MR) is 66.8 cm³/mol. The topological polar surface area (TPSA) is 72.8 Å². The van der Waals surface area contributed by atoms with Crippen molar-refractivity contribution in [2.45, 2.75) is 17.4 Å². The molecule has 0 aliphatic carbocycles. The molecule has 0 radical (unpaired) electrons. The fourth-order valence-corrected chi connectivity index (χ4v) is 2.02. The minimum absolute atomic E-state index is 0.377. The van der Waals surface area contributed by atoms with Crippen molar-refractivity contribution in [1.82, 2.24) is 0 Å². The third-order valence-electron chi connectivity index (χ3n) is 2.52. The number of thioether (sulfide) groups is 1. The summed E-state index contributed by atoms with van der Waals surface area (Å²) in [4.78, 5) is 23.0. The van der Waals surface area contributed by atoms with Crippen LogP contribution in [-0.2, 0) is 18.9 Å². The Hall–Kier alpha value is -1.47. The van der Waals surface area contributed by atoms with Crippen molar-refractivity contribution >= 4 is 36.3 Å². The SMILES string of the molecule is CSc1ccc(B2OC(=O)C(CC(=O)O)O2)cc1. The molecule has 1 aliphatic rings. The fraction of sp³-hybridized carbons (Fsp3) is 0.273. The molecule has 1 N–H and O–H groups in total. The Balaban J connectivity index is 2.06. The van der Waals surface area contributed by atoms with Crippen molar-refractivity contribution in [3.63, 3.8) is 0 Å². The standard InChI is InChI=1S/C11H11BO5S/c1-18-8-4-2-7(3-5-8)12-16-9(6-10(13)14)11(15)17-12/h2-5,9H,6H2,1H3,(H,13,14). The summed E-state index contributed by atoms with van der Waals surface area (Å²) in [7, 11) is -0.808. The molecule has 1 aliphatic heterocycles. The number of carboxylic acids is 1. The van der Waals surface area contributed by atoms with Crippen LogP contribution in [0.2, 0.25) is 0 Å². The van der Waals surface area contributed by atoms with Crippen LogP contribution in [0, 0.1) is 0 Å². The van der Waals surface area contributed by atoms with E-state index in [1.54, 1.807) is 23.9 Å². The molecular weight excluding hydrogens is 255 g/mol. The molecule has 0 amide bonds. The Bertz CT molecular complexity index is 461. The first kappa shape index (κ1) is 13.0. The molecule has 5 nitrogen and oxygen atoms in total. The minimum atomic E-state index is -1.09. The second-order valence-electron chi connectivity index (χ2n) is 3.76. The summed E-state index contributed by atoms with van der Waals surface area (Å²) in [6.07, 6.45) is 0.565. The molecule has 18 heavy (non-hydrogen) atoms. The van der Waals surface area contributed by atoms with Gasteiger partial charge >= 0.3 is 19.1 Å². The Kier molecular flexibility index (Phi) is 3.93. The van der Waals surface area contributed by atoms with Gasteiger partial charge in [0, 0.05) is 4.90 Å². The molecule has 0 saturated carbocycles. The second kappa shape index (κ2) is 5.45. The van der Waals surface area contributed by atoms with Crippen molar-refractivity contribution in [3.05, 3.63) is 24.3 Å². The van der Waals surface area contributed by atoms with Gasteiger partial charge in [-0.3, -0.25) is 9.59 Å². The minimum Gasteiger partial charge on any atom is -0.504 e. The first-order valence-electron chi connectivity index (χ1n) is 5.32. The second-order valence-corrected chi connectivity index (χ2v) is 4.64. The van der Waals surface area contributed by atoms with Gasteiger partial charge in [-0.15, -0.1) is 11.8 Å². The molecule has 1 aromatic rings. The molecule has 1 heterocycles. The summed E-state index contributed by atoms with van der Waals surface area (Å²) in [6, 6.07) is 7.38. The Labute approximate surface area is 109 Å². The van der Waals surface area contributed by atoms with Gasteiger partial charge in [0.1, 0.15) is 0 Å². The number of carbonyl (C=O) groups excluding carboxylic acids is 1. The molecule has 1 fully saturated rings. The molecule has 1 atom stereocenters. The van der Waals surface area contributed by atoms with Gasteiger partial charge in [0.2, 0.25) is 0 Å². The van der Waals surface area contributed by atoms with Crippen molar-refractivity contribution < 1.29 is 24.0 Å². The van der Waals surface area contributed by atoms with Gasteiger partial charge in [0.25, 0.3) is 0 Å². The largest absolute Gasteiger partial charge is 0.565 e. The van der Waals surface area contributed by atoms with Crippen LogP contribution in [-0.4, -0.2) is 36.5 Å². The van der Waals surface area contributed by atoms with Crippen LogP contribution in [0.15, 0.2) is 29.2 Å². The maximum atomic E-state index is 11.4. The summed E-state index contributed by atoms with van der Waals surface area (Å²) in [5.41, 5.74) is 0.703. The van der Waals surface area contributed by atoms with Crippen molar-refractivity contribution in [3.8, 4) is 0 Å². The lowest BCUT2D eigenvalue weighted by molar-refractivity contribution is -0.145. The predicted octanol–water partition coefficient (Wildman–Crippen LogP) is 0.520. The molecule has 94 valence electrons. The van der Waals surface area contributed by atoms with E-state index in [1.807, 2.05) is 18.4 Å². The smallest absolute Gasteiger partial charge is 0.504 e. The number of carbonyl (C=O) groups is 2. The third kappa shape index (κ3) is 2.86. The lowest BCUT2D eigenvalue weighted by Crippen LogP contribution is -2.32. The summed E-state index contributed by atoms with van der Waals surface area (Å²) < 4.78 is 10.3. The highest BCUT2D eigenvalue weighted by atomic mass is 32.2. The van der Waals surface area contributed by atoms with Crippen LogP contribution < -0.4 is 5.46 Å². The molecule has 1 unspecified atom stereocenters. The molecule has 0 spiro atoms. The zero-order valence-corrected chi connectivity index (χ0v) is 10.5. The molecule has 0 aromatic heterocycles. The molecule has 1 saturated heterocycles. The monoisotopic (exact) mass is 266 g/mol. The van der Waals surface area contributed by atoms with Crippen LogP contribution in [0.25, 0.3) is 0 Å².